The zero-order valence-electron chi connectivity index (χ0n) is 19.0. The van der Waals surface area contributed by atoms with Crippen LogP contribution in [0.5, 0.6) is 5.75 Å². The molecule has 1 aromatic heterocycles. The van der Waals surface area contributed by atoms with E-state index in [0.29, 0.717) is 0 Å². The third-order valence-electron chi connectivity index (χ3n) is 6.46. The minimum Gasteiger partial charge on any atom is -0.497 e. The van der Waals surface area contributed by atoms with Crippen molar-refractivity contribution in [3.63, 3.8) is 0 Å². The largest absolute Gasteiger partial charge is 0.497 e. The summed E-state index contributed by atoms with van der Waals surface area (Å²) in [5.41, 5.74) is 2.71. The van der Waals surface area contributed by atoms with Crippen molar-refractivity contribution in [1.82, 2.24) is 14.8 Å². The predicted octanol–water partition coefficient (Wildman–Crippen LogP) is 5.58. The molecule has 0 saturated carbocycles. The van der Waals surface area contributed by atoms with E-state index in [4.69, 9.17) is 4.74 Å². The number of nitrogens with one attached hydrogen (secondary N) is 1. The first-order valence-electron chi connectivity index (χ1n) is 11.5. The first-order valence-corrected chi connectivity index (χ1v) is 11.5. The Hall–Kier alpha value is -3.67. The van der Waals surface area contributed by atoms with E-state index in [9.17, 15) is 4.79 Å². The van der Waals surface area contributed by atoms with Crippen molar-refractivity contribution in [2.24, 2.45) is 0 Å². The van der Waals surface area contributed by atoms with Crippen molar-refractivity contribution in [2.45, 2.75) is 45.1 Å². The molecule has 0 aliphatic carbocycles. The van der Waals surface area contributed by atoms with Gasteiger partial charge in [-0.2, -0.15) is 0 Å². The van der Waals surface area contributed by atoms with Crippen LogP contribution < -0.4 is 10.1 Å². The number of aromatic nitrogens is 3. The van der Waals surface area contributed by atoms with Crippen LogP contribution in [0.2, 0.25) is 0 Å². The first kappa shape index (κ1) is 21.2. The van der Waals surface area contributed by atoms with Gasteiger partial charge in [0.25, 0.3) is 0 Å². The Bertz CT molecular complexity index is 1310. The first-order chi connectivity index (χ1) is 16.1. The van der Waals surface area contributed by atoms with Crippen LogP contribution in [0.1, 0.15) is 43.5 Å². The fourth-order valence-electron chi connectivity index (χ4n) is 4.48. The molecule has 0 bridgehead atoms. The van der Waals surface area contributed by atoms with E-state index in [0.717, 1.165) is 70.8 Å². The molecule has 6 heteroatoms. The molecular weight excluding hydrogens is 412 g/mol. The highest BCUT2D eigenvalue weighted by Gasteiger charge is 2.18. The number of carbonyl (C=O) groups is 1. The highest BCUT2D eigenvalue weighted by molar-refractivity contribution is 5.97. The fourth-order valence-corrected chi connectivity index (χ4v) is 4.48. The molecule has 6 nitrogen and oxygen atoms in total. The number of hydrogen-bond acceptors (Lipinski definition) is 4. The number of benzene rings is 3. The number of hydrogen-bond donors (Lipinski definition) is 1. The quantitative estimate of drug-likeness (QED) is 0.440. The van der Waals surface area contributed by atoms with Gasteiger partial charge in [-0.1, -0.05) is 42.8 Å². The van der Waals surface area contributed by atoms with Gasteiger partial charge in [0.1, 0.15) is 11.6 Å². The monoisotopic (exact) mass is 440 g/mol. The maximum absolute atomic E-state index is 13.1. The highest BCUT2D eigenvalue weighted by Crippen LogP contribution is 2.28. The molecule has 0 saturated heterocycles. The molecule has 1 N–H and O–H groups in total. The number of ether oxygens (including phenoxy) is 1. The number of anilines is 1. The average molecular weight is 441 g/mol. The summed E-state index contributed by atoms with van der Waals surface area (Å²) in [6.07, 6.45) is 4.50. The number of aryl methyl sites for hydroxylation is 1. The van der Waals surface area contributed by atoms with E-state index < -0.39 is 0 Å². The van der Waals surface area contributed by atoms with Crippen LogP contribution >= 0.6 is 0 Å². The van der Waals surface area contributed by atoms with Gasteiger partial charge in [-0.15, -0.1) is 10.2 Å². The summed E-state index contributed by atoms with van der Waals surface area (Å²) in [5, 5.41) is 14.1. The van der Waals surface area contributed by atoms with Gasteiger partial charge in [0.15, 0.2) is 5.82 Å². The Morgan fingerprint density at radius 1 is 1.00 bits per heavy atom. The Kier molecular flexibility index (Phi) is 5.82. The predicted molar refractivity (Wildman–Crippen MR) is 131 cm³/mol. The van der Waals surface area contributed by atoms with Gasteiger partial charge in [0.05, 0.1) is 13.0 Å². The molecule has 1 aliphatic rings. The van der Waals surface area contributed by atoms with Gasteiger partial charge < -0.3 is 14.6 Å². The lowest BCUT2D eigenvalue weighted by atomic mass is 9.97. The van der Waals surface area contributed by atoms with E-state index in [1.54, 1.807) is 7.11 Å². The van der Waals surface area contributed by atoms with Crippen LogP contribution in [0.15, 0.2) is 60.7 Å². The lowest BCUT2D eigenvalue weighted by Crippen LogP contribution is -2.18. The van der Waals surface area contributed by atoms with E-state index >= 15 is 0 Å². The minimum absolute atomic E-state index is 0.0416. The summed E-state index contributed by atoms with van der Waals surface area (Å²) in [5.74, 6) is 2.43. The molecule has 4 aromatic rings. The number of nitrogens with zero attached hydrogens (tertiary/aromatic N) is 3. The second kappa shape index (κ2) is 9.06. The molecule has 0 unspecified atom stereocenters. The van der Waals surface area contributed by atoms with Crippen molar-refractivity contribution >= 4 is 22.4 Å². The van der Waals surface area contributed by atoms with Crippen LogP contribution in [-0.2, 0) is 17.8 Å². The van der Waals surface area contributed by atoms with Crippen molar-refractivity contribution in [3.05, 3.63) is 72.1 Å². The Labute approximate surface area is 193 Å². The molecule has 2 heterocycles. The van der Waals surface area contributed by atoms with E-state index in [2.05, 4.69) is 26.1 Å². The molecule has 0 fully saturated rings. The average Bonchev–Trinajstić information content (AvgIpc) is 3.11. The number of carbonyl (C=O) groups excluding carboxylic acids is 1. The maximum atomic E-state index is 13.1. The van der Waals surface area contributed by atoms with E-state index in [1.807, 2.05) is 61.5 Å². The third-order valence-corrected chi connectivity index (χ3v) is 6.46. The topological polar surface area (TPSA) is 69.0 Å². The van der Waals surface area contributed by atoms with Gasteiger partial charge in [-0.3, -0.25) is 4.79 Å². The molecule has 3 aromatic carbocycles. The molecule has 5 rings (SSSR count). The number of amides is 1. The molecule has 168 valence electrons. The van der Waals surface area contributed by atoms with Gasteiger partial charge >= 0.3 is 0 Å². The second-order valence-corrected chi connectivity index (χ2v) is 8.67. The number of methoxy groups -OCH3 is 1. The highest BCUT2D eigenvalue weighted by atomic mass is 16.5. The molecule has 33 heavy (non-hydrogen) atoms. The Morgan fingerprint density at radius 3 is 2.73 bits per heavy atom. The summed E-state index contributed by atoms with van der Waals surface area (Å²) in [4.78, 5) is 13.1. The summed E-state index contributed by atoms with van der Waals surface area (Å²) in [6.45, 7) is 2.88. The zero-order valence-corrected chi connectivity index (χ0v) is 19.0. The van der Waals surface area contributed by atoms with Crippen molar-refractivity contribution in [2.75, 3.05) is 12.4 Å². The van der Waals surface area contributed by atoms with Crippen LogP contribution in [0.3, 0.4) is 0 Å². The van der Waals surface area contributed by atoms with Crippen molar-refractivity contribution in [1.29, 1.82) is 0 Å². The second-order valence-electron chi connectivity index (χ2n) is 8.67. The SMILES string of the molecule is COc1ccc2cc([C@H](C)C(=O)Nc3cccc(-c4nnc5n4CCCCC5)c3)ccc2c1. The lowest BCUT2D eigenvalue weighted by molar-refractivity contribution is -0.117. The van der Waals surface area contributed by atoms with Crippen molar-refractivity contribution < 1.29 is 9.53 Å². The maximum Gasteiger partial charge on any atom is 0.231 e. The van der Waals surface area contributed by atoms with Crippen LogP contribution in [0.25, 0.3) is 22.2 Å². The molecule has 0 radical (unpaired) electrons. The molecule has 1 atom stereocenters. The van der Waals surface area contributed by atoms with Gasteiger partial charge in [0.2, 0.25) is 5.91 Å². The van der Waals surface area contributed by atoms with Gasteiger partial charge in [-0.05, 0) is 60.4 Å². The Balaban J connectivity index is 1.35. The molecule has 1 aliphatic heterocycles. The molecule has 0 spiro atoms. The van der Waals surface area contributed by atoms with Gasteiger partial charge in [-0.25, -0.2) is 0 Å². The lowest BCUT2D eigenvalue weighted by Gasteiger charge is -2.14. The van der Waals surface area contributed by atoms with E-state index in [1.165, 1.54) is 6.42 Å². The summed E-state index contributed by atoms with van der Waals surface area (Å²) >= 11 is 0. The van der Waals surface area contributed by atoms with Gasteiger partial charge in [0, 0.05) is 24.2 Å². The summed E-state index contributed by atoms with van der Waals surface area (Å²) in [6, 6.07) is 20.0. The normalized spacial score (nSPS) is 14.4. The van der Waals surface area contributed by atoms with Crippen LogP contribution in [0, 0.1) is 0 Å². The van der Waals surface area contributed by atoms with Crippen LogP contribution in [0.4, 0.5) is 5.69 Å². The smallest absolute Gasteiger partial charge is 0.231 e. The zero-order chi connectivity index (χ0) is 22.8. The fraction of sp³-hybridized carbons (Fsp3) is 0.296. The minimum atomic E-state index is -0.287. The van der Waals surface area contributed by atoms with Crippen molar-refractivity contribution in [3.8, 4) is 17.1 Å². The number of rotatable bonds is 5. The molecule has 1 amide bonds. The van der Waals surface area contributed by atoms with Crippen LogP contribution in [-0.4, -0.2) is 27.8 Å². The Morgan fingerprint density at radius 2 is 1.85 bits per heavy atom. The summed E-state index contributed by atoms with van der Waals surface area (Å²) < 4.78 is 7.53. The number of fused-ring (bicyclic) bond motifs is 2. The van der Waals surface area contributed by atoms with E-state index in [-0.39, 0.29) is 11.8 Å². The third kappa shape index (κ3) is 4.33. The molecular formula is C27H28N4O2. The standard InChI is InChI=1S/C27H28N4O2/c1-18(19-10-11-21-17-24(33-2)13-12-20(21)15-19)27(32)28-23-8-6-7-22(16-23)26-30-29-25-9-4-3-5-14-31(25)26/h6-8,10-13,15-18H,3-5,9,14H2,1-2H3,(H,28,32)/t18-/m0/s1. The summed E-state index contributed by atoms with van der Waals surface area (Å²) in [7, 11) is 1.66.